The summed E-state index contributed by atoms with van der Waals surface area (Å²) < 4.78 is 0. The van der Waals surface area contributed by atoms with Crippen LogP contribution in [-0.4, -0.2) is 48.9 Å². The largest absolute Gasteiger partial charge is 0.368 e. The third-order valence-electron chi connectivity index (χ3n) is 7.79. The lowest BCUT2D eigenvalue weighted by Gasteiger charge is -2.37. The number of nitrogens with one attached hydrogen (secondary N) is 2. The summed E-state index contributed by atoms with van der Waals surface area (Å²) in [5.74, 6) is -0.213. The van der Waals surface area contributed by atoms with E-state index in [-0.39, 0.29) is 17.9 Å². The Kier molecular flexibility index (Phi) is 8.39. The fourth-order valence-corrected chi connectivity index (χ4v) is 5.60. The van der Waals surface area contributed by atoms with Gasteiger partial charge in [-0.25, -0.2) is 0 Å². The maximum Gasteiger partial charge on any atom is 0.255 e. The molecule has 6 nitrogen and oxygen atoms in total. The van der Waals surface area contributed by atoms with Crippen LogP contribution in [0.2, 0.25) is 0 Å². The van der Waals surface area contributed by atoms with Gasteiger partial charge in [-0.2, -0.15) is 0 Å². The van der Waals surface area contributed by atoms with Gasteiger partial charge >= 0.3 is 0 Å². The molecule has 0 unspecified atom stereocenters. The van der Waals surface area contributed by atoms with Crippen LogP contribution in [0.3, 0.4) is 0 Å². The summed E-state index contributed by atoms with van der Waals surface area (Å²) in [5, 5.41) is 6.31. The molecule has 0 atom stereocenters. The Labute approximate surface area is 226 Å². The Morgan fingerprint density at radius 1 is 0.789 bits per heavy atom. The van der Waals surface area contributed by atoms with Crippen molar-refractivity contribution >= 4 is 23.2 Å². The van der Waals surface area contributed by atoms with E-state index in [9.17, 15) is 9.59 Å². The molecule has 1 aliphatic heterocycles. The number of carbonyl (C=O) groups is 2. The van der Waals surface area contributed by atoms with Crippen molar-refractivity contribution in [2.45, 2.75) is 51.6 Å². The van der Waals surface area contributed by atoms with Gasteiger partial charge in [-0.05, 0) is 55.2 Å². The van der Waals surface area contributed by atoms with Crippen LogP contribution in [0.15, 0.2) is 72.8 Å². The lowest BCUT2D eigenvalue weighted by molar-refractivity contribution is 0.0927. The van der Waals surface area contributed by atoms with Crippen LogP contribution in [0, 0.1) is 6.92 Å². The maximum absolute atomic E-state index is 13.6. The second-order valence-corrected chi connectivity index (χ2v) is 10.6. The van der Waals surface area contributed by atoms with Gasteiger partial charge in [-0.15, -0.1) is 0 Å². The minimum atomic E-state index is -0.163. The van der Waals surface area contributed by atoms with Gasteiger partial charge in [-0.3, -0.25) is 14.5 Å². The minimum absolute atomic E-state index is 0.0504. The first-order chi connectivity index (χ1) is 18.6. The molecule has 2 N–H and O–H groups in total. The van der Waals surface area contributed by atoms with E-state index in [0.29, 0.717) is 16.8 Å². The molecule has 3 aromatic carbocycles. The zero-order valence-electron chi connectivity index (χ0n) is 22.3. The van der Waals surface area contributed by atoms with Crippen molar-refractivity contribution in [3.05, 3.63) is 95.1 Å². The molecule has 6 heteroatoms. The first-order valence-corrected chi connectivity index (χ1v) is 13.9. The summed E-state index contributed by atoms with van der Waals surface area (Å²) in [7, 11) is 0. The Balaban J connectivity index is 1.33. The van der Waals surface area contributed by atoms with Crippen molar-refractivity contribution in [2.75, 3.05) is 36.4 Å². The minimum Gasteiger partial charge on any atom is -0.368 e. The highest BCUT2D eigenvalue weighted by molar-refractivity contribution is 6.07. The average molecular weight is 511 g/mol. The quantitative estimate of drug-likeness (QED) is 0.432. The fourth-order valence-electron chi connectivity index (χ4n) is 5.60. The summed E-state index contributed by atoms with van der Waals surface area (Å²) in [5.41, 5.74) is 5.09. The van der Waals surface area contributed by atoms with Crippen molar-refractivity contribution in [1.29, 1.82) is 0 Å². The molecule has 198 valence electrons. The molecular formula is C32H38N4O2. The summed E-state index contributed by atoms with van der Waals surface area (Å²) >= 11 is 0. The van der Waals surface area contributed by atoms with Gasteiger partial charge in [0.15, 0.2) is 0 Å². The van der Waals surface area contributed by atoms with E-state index < -0.39 is 0 Å². The zero-order valence-corrected chi connectivity index (χ0v) is 22.3. The van der Waals surface area contributed by atoms with Gasteiger partial charge in [0.1, 0.15) is 0 Å². The van der Waals surface area contributed by atoms with Crippen molar-refractivity contribution in [2.24, 2.45) is 0 Å². The molecule has 38 heavy (non-hydrogen) atoms. The van der Waals surface area contributed by atoms with E-state index in [1.54, 1.807) is 0 Å². The Morgan fingerprint density at radius 3 is 2.24 bits per heavy atom. The summed E-state index contributed by atoms with van der Waals surface area (Å²) in [6.07, 6.45) is 5.62. The van der Waals surface area contributed by atoms with Crippen LogP contribution in [-0.2, 0) is 6.54 Å². The topological polar surface area (TPSA) is 64.7 Å². The number of aryl methyl sites for hydroxylation is 1. The monoisotopic (exact) mass is 510 g/mol. The molecule has 0 bridgehead atoms. The molecule has 2 aliphatic rings. The number of carbonyl (C=O) groups excluding carboxylic acids is 2. The number of anilines is 2. The van der Waals surface area contributed by atoms with Crippen molar-refractivity contribution < 1.29 is 9.59 Å². The van der Waals surface area contributed by atoms with Crippen LogP contribution in [0.5, 0.6) is 0 Å². The maximum atomic E-state index is 13.6. The smallest absolute Gasteiger partial charge is 0.255 e. The highest BCUT2D eigenvalue weighted by Gasteiger charge is 2.24. The molecule has 0 radical (unpaired) electrons. The molecule has 2 fully saturated rings. The molecule has 0 aromatic heterocycles. The number of hydrogen-bond acceptors (Lipinski definition) is 4. The molecule has 1 heterocycles. The van der Waals surface area contributed by atoms with E-state index in [2.05, 4.69) is 50.8 Å². The molecule has 1 saturated heterocycles. The van der Waals surface area contributed by atoms with Crippen LogP contribution in [0.25, 0.3) is 0 Å². The third kappa shape index (κ3) is 6.43. The second kappa shape index (κ2) is 12.3. The van der Waals surface area contributed by atoms with Gasteiger partial charge in [0.2, 0.25) is 0 Å². The predicted molar refractivity (Wildman–Crippen MR) is 154 cm³/mol. The number of benzene rings is 3. The van der Waals surface area contributed by atoms with E-state index in [4.69, 9.17) is 0 Å². The van der Waals surface area contributed by atoms with Crippen molar-refractivity contribution in [1.82, 2.24) is 10.2 Å². The van der Waals surface area contributed by atoms with Gasteiger partial charge < -0.3 is 15.5 Å². The molecule has 5 rings (SSSR count). The number of rotatable bonds is 7. The van der Waals surface area contributed by atoms with E-state index >= 15 is 0 Å². The standard InChI is InChI=1S/C32H38N4O2/c1-24-10-8-9-15-28(24)31(37)34-27-16-17-30(29(22-27)32(38)33-26-13-6-3-7-14-26)36-20-18-35(19-21-36)23-25-11-4-2-5-12-25/h2,4-5,8-12,15-17,22,26H,3,6-7,13-14,18-21,23H2,1H3,(H,33,38)(H,34,37). The van der Waals surface area contributed by atoms with E-state index in [1.807, 2.05) is 49.4 Å². The Bertz CT molecular complexity index is 1250. The van der Waals surface area contributed by atoms with Crippen LogP contribution in [0.1, 0.15) is 63.9 Å². The summed E-state index contributed by atoms with van der Waals surface area (Å²) in [6, 6.07) is 24.1. The fraction of sp³-hybridized carbons (Fsp3) is 0.375. The average Bonchev–Trinajstić information content (AvgIpc) is 2.95. The third-order valence-corrected chi connectivity index (χ3v) is 7.79. The lowest BCUT2D eigenvalue weighted by atomic mass is 9.95. The number of piperazine rings is 1. The molecule has 1 saturated carbocycles. The Hall–Kier alpha value is -3.64. The van der Waals surface area contributed by atoms with Crippen molar-refractivity contribution in [3.63, 3.8) is 0 Å². The van der Waals surface area contributed by atoms with Gasteiger partial charge in [0.25, 0.3) is 11.8 Å². The molecule has 3 aromatic rings. The van der Waals surface area contributed by atoms with Crippen LogP contribution in [0.4, 0.5) is 11.4 Å². The van der Waals surface area contributed by atoms with Gasteiger partial charge in [-0.1, -0.05) is 67.8 Å². The van der Waals surface area contributed by atoms with Crippen LogP contribution >= 0.6 is 0 Å². The number of hydrogen-bond donors (Lipinski definition) is 2. The predicted octanol–water partition coefficient (Wildman–Crippen LogP) is 5.63. The highest BCUT2D eigenvalue weighted by Crippen LogP contribution is 2.28. The first-order valence-electron chi connectivity index (χ1n) is 13.9. The van der Waals surface area contributed by atoms with E-state index in [0.717, 1.165) is 69.7 Å². The van der Waals surface area contributed by atoms with Crippen LogP contribution < -0.4 is 15.5 Å². The van der Waals surface area contributed by atoms with Gasteiger partial charge in [0, 0.05) is 55.7 Å². The summed E-state index contributed by atoms with van der Waals surface area (Å²) in [4.78, 5) is 31.3. The molecule has 2 amide bonds. The van der Waals surface area contributed by atoms with Gasteiger partial charge in [0.05, 0.1) is 5.56 Å². The molecule has 1 aliphatic carbocycles. The number of nitrogens with zero attached hydrogens (tertiary/aromatic N) is 2. The first kappa shape index (κ1) is 26.0. The van der Waals surface area contributed by atoms with Crippen molar-refractivity contribution in [3.8, 4) is 0 Å². The lowest BCUT2D eigenvalue weighted by Crippen LogP contribution is -2.46. The zero-order chi connectivity index (χ0) is 26.3. The SMILES string of the molecule is Cc1ccccc1C(=O)Nc1ccc(N2CCN(Cc3ccccc3)CC2)c(C(=O)NC2CCCCC2)c1. The Morgan fingerprint density at radius 2 is 1.50 bits per heavy atom. The normalized spacial score (nSPS) is 16.7. The van der Waals surface area contributed by atoms with E-state index in [1.165, 1.54) is 12.0 Å². The highest BCUT2D eigenvalue weighted by atomic mass is 16.2. The molecular weight excluding hydrogens is 472 g/mol. The second-order valence-electron chi connectivity index (χ2n) is 10.6. The summed E-state index contributed by atoms with van der Waals surface area (Å²) in [6.45, 7) is 6.44. The number of amides is 2. The molecule has 0 spiro atoms.